The quantitative estimate of drug-likeness (QED) is 0.757. The monoisotopic (exact) mass is 359 g/mol. The number of nitrogens with zero attached hydrogens (tertiary/aromatic N) is 3. The van der Waals surface area contributed by atoms with E-state index in [1.54, 1.807) is 13.0 Å². The van der Waals surface area contributed by atoms with Crippen LogP contribution in [0.25, 0.3) is 0 Å². The van der Waals surface area contributed by atoms with Crippen molar-refractivity contribution in [1.82, 2.24) is 14.2 Å². The van der Waals surface area contributed by atoms with Crippen molar-refractivity contribution in [2.24, 2.45) is 0 Å². The third-order valence-corrected chi connectivity index (χ3v) is 6.90. The Morgan fingerprint density at radius 3 is 2.48 bits per heavy atom. The predicted molar refractivity (Wildman–Crippen MR) is 88.1 cm³/mol. The molecule has 1 unspecified atom stereocenters. The summed E-state index contributed by atoms with van der Waals surface area (Å²) in [6.45, 7) is 4.13. The van der Waals surface area contributed by atoms with Gasteiger partial charge in [-0.1, -0.05) is 18.7 Å². The van der Waals surface area contributed by atoms with Gasteiger partial charge in [-0.2, -0.15) is 4.31 Å². The maximum atomic E-state index is 12.6. The Morgan fingerprint density at radius 2 is 2.00 bits per heavy atom. The third kappa shape index (κ3) is 4.43. The van der Waals surface area contributed by atoms with Crippen LogP contribution in [0, 0.1) is 0 Å². The van der Waals surface area contributed by atoms with Gasteiger partial charge in [0, 0.05) is 32.4 Å². The number of hydrogen-bond acceptors (Lipinski definition) is 6. The molecule has 1 aromatic rings. The number of likely N-dealkylation sites (N-methyl/N-ethyl adjacent to an activating group) is 1. The highest BCUT2D eigenvalue weighted by Gasteiger charge is 2.27. The number of sulfonamides is 1. The SMILES string of the molecule is CCC(Sc1ccc(S(=O)(=O)N2CCN(C)CC2)cn1)C(=O)O. The highest BCUT2D eigenvalue weighted by molar-refractivity contribution is 8.00. The molecule has 9 heteroatoms. The van der Waals surface area contributed by atoms with Gasteiger partial charge in [-0.3, -0.25) is 4.79 Å². The topological polar surface area (TPSA) is 90.8 Å². The second-order valence-corrected chi connectivity index (χ2v) is 8.55. The summed E-state index contributed by atoms with van der Waals surface area (Å²) in [6, 6.07) is 3.07. The second kappa shape index (κ2) is 7.61. The van der Waals surface area contributed by atoms with Gasteiger partial charge in [-0.15, -0.1) is 0 Å². The molecule has 0 amide bonds. The summed E-state index contributed by atoms with van der Waals surface area (Å²) in [4.78, 5) is 17.4. The highest BCUT2D eigenvalue weighted by atomic mass is 32.2. The zero-order chi connectivity index (χ0) is 17.0. The zero-order valence-corrected chi connectivity index (χ0v) is 14.8. The Balaban J connectivity index is 2.10. The van der Waals surface area contributed by atoms with Crippen molar-refractivity contribution < 1.29 is 18.3 Å². The van der Waals surface area contributed by atoms with Crippen LogP contribution in [0.5, 0.6) is 0 Å². The van der Waals surface area contributed by atoms with E-state index in [2.05, 4.69) is 9.88 Å². The summed E-state index contributed by atoms with van der Waals surface area (Å²) >= 11 is 1.13. The lowest BCUT2D eigenvalue weighted by Crippen LogP contribution is -2.47. The first-order valence-corrected chi connectivity index (χ1v) is 9.70. The molecule has 23 heavy (non-hydrogen) atoms. The van der Waals surface area contributed by atoms with E-state index in [9.17, 15) is 13.2 Å². The highest BCUT2D eigenvalue weighted by Crippen LogP contribution is 2.25. The normalized spacial score (nSPS) is 18.7. The number of carbonyl (C=O) groups is 1. The molecule has 1 aliphatic rings. The van der Waals surface area contributed by atoms with Crippen LogP contribution in [0.3, 0.4) is 0 Å². The molecule has 1 aliphatic heterocycles. The molecule has 7 nitrogen and oxygen atoms in total. The fourth-order valence-electron chi connectivity index (χ4n) is 2.22. The van der Waals surface area contributed by atoms with Crippen molar-refractivity contribution >= 4 is 27.8 Å². The number of pyridine rings is 1. The molecule has 0 radical (unpaired) electrons. The summed E-state index contributed by atoms with van der Waals surface area (Å²) in [5.74, 6) is -0.895. The van der Waals surface area contributed by atoms with Gasteiger partial charge in [0.1, 0.15) is 10.1 Å². The van der Waals surface area contributed by atoms with Gasteiger partial charge in [0.2, 0.25) is 10.0 Å². The van der Waals surface area contributed by atoms with Crippen LogP contribution in [-0.4, -0.2) is 72.2 Å². The van der Waals surface area contributed by atoms with E-state index in [1.165, 1.54) is 16.6 Å². The Labute approximate surface area is 140 Å². The first kappa shape index (κ1) is 18.2. The molecular weight excluding hydrogens is 338 g/mol. The third-order valence-electron chi connectivity index (χ3n) is 3.72. The summed E-state index contributed by atoms with van der Waals surface area (Å²) < 4.78 is 26.6. The van der Waals surface area contributed by atoms with Crippen molar-refractivity contribution in [2.45, 2.75) is 28.5 Å². The molecule has 0 aliphatic carbocycles. The van der Waals surface area contributed by atoms with Gasteiger partial charge >= 0.3 is 5.97 Å². The van der Waals surface area contributed by atoms with Gasteiger partial charge in [-0.25, -0.2) is 13.4 Å². The minimum Gasteiger partial charge on any atom is -0.480 e. The number of carboxylic acid groups (broad SMARTS) is 1. The maximum Gasteiger partial charge on any atom is 0.317 e. The Morgan fingerprint density at radius 1 is 1.35 bits per heavy atom. The largest absolute Gasteiger partial charge is 0.480 e. The molecule has 1 atom stereocenters. The Kier molecular flexibility index (Phi) is 6.01. The lowest BCUT2D eigenvalue weighted by atomic mass is 10.3. The van der Waals surface area contributed by atoms with Gasteiger partial charge in [0.05, 0.1) is 5.03 Å². The van der Waals surface area contributed by atoms with E-state index in [-0.39, 0.29) is 4.90 Å². The lowest BCUT2D eigenvalue weighted by molar-refractivity contribution is -0.136. The van der Waals surface area contributed by atoms with E-state index in [0.717, 1.165) is 11.8 Å². The molecule has 0 aromatic carbocycles. The van der Waals surface area contributed by atoms with E-state index in [1.807, 2.05) is 7.05 Å². The molecule has 0 spiro atoms. The van der Waals surface area contributed by atoms with Gasteiger partial charge in [0.25, 0.3) is 0 Å². The standard InChI is InChI=1S/C14H21N3O4S2/c1-3-12(14(18)19)22-13-5-4-11(10-15-13)23(20,21)17-8-6-16(2)7-9-17/h4-5,10,12H,3,6-9H2,1-2H3,(H,18,19). The molecule has 1 aromatic heterocycles. The number of hydrogen-bond donors (Lipinski definition) is 1. The number of aromatic nitrogens is 1. The molecule has 2 heterocycles. The fourth-order valence-corrected chi connectivity index (χ4v) is 4.41. The number of thioether (sulfide) groups is 1. The van der Waals surface area contributed by atoms with E-state index in [0.29, 0.717) is 37.6 Å². The van der Waals surface area contributed by atoms with Crippen molar-refractivity contribution in [3.8, 4) is 0 Å². The first-order valence-electron chi connectivity index (χ1n) is 7.38. The van der Waals surface area contributed by atoms with Gasteiger partial charge in [-0.05, 0) is 25.6 Å². The van der Waals surface area contributed by atoms with Crippen LogP contribution in [-0.2, 0) is 14.8 Å². The minimum absolute atomic E-state index is 0.148. The molecular formula is C14H21N3O4S2. The second-order valence-electron chi connectivity index (χ2n) is 5.39. The van der Waals surface area contributed by atoms with Crippen LogP contribution < -0.4 is 0 Å². The Bertz CT molecular complexity index is 640. The van der Waals surface area contributed by atoms with Gasteiger partial charge in [0.15, 0.2) is 0 Å². The number of rotatable bonds is 6. The molecule has 1 saturated heterocycles. The smallest absolute Gasteiger partial charge is 0.317 e. The summed E-state index contributed by atoms with van der Waals surface area (Å²) in [5.41, 5.74) is 0. The Hall–Kier alpha value is -1.16. The average Bonchev–Trinajstić information content (AvgIpc) is 2.53. The van der Waals surface area contributed by atoms with E-state index < -0.39 is 21.2 Å². The maximum absolute atomic E-state index is 12.6. The van der Waals surface area contributed by atoms with E-state index in [4.69, 9.17) is 5.11 Å². The molecule has 1 N–H and O–H groups in total. The zero-order valence-electron chi connectivity index (χ0n) is 13.2. The first-order chi connectivity index (χ1) is 10.8. The predicted octanol–water partition coefficient (Wildman–Crippen LogP) is 0.973. The molecule has 128 valence electrons. The molecule has 2 rings (SSSR count). The van der Waals surface area contributed by atoms with Crippen molar-refractivity contribution in [3.05, 3.63) is 18.3 Å². The molecule has 0 bridgehead atoms. The summed E-state index contributed by atoms with van der Waals surface area (Å²) in [7, 11) is -1.57. The number of carboxylic acids is 1. The van der Waals surface area contributed by atoms with Crippen LogP contribution in [0.15, 0.2) is 28.3 Å². The van der Waals surface area contributed by atoms with Crippen LogP contribution >= 0.6 is 11.8 Å². The molecule has 1 fully saturated rings. The van der Waals surface area contributed by atoms with Crippen molar-refractivity contribution in [1.29, 1.82) is 0 Å². The lowest BCUT2D eigenvalue weighted by Gasteiger charge is -2.31. The summed E-state index contributed by atoms with van der Waals surface area (Å²) in [5, 5.41) is 8.98. The van der Waals surface area contributed by atoms with Crippen LogP contribution in [0.2, 0.25) is 0 Å². The van der Waals surface area contributed by atoms with Crippen LogP contribution in [0.1, 0.15) is 13.3 Å². The van der Waals surface area contributed by atoms with Gasteiger partial charge < -0.3 is 10.0 Å². The van der Waals surface area contributed by atoms with Crippen molar-refractivity contribution in [3.63, 3.8) is 0 Å². The minimum atomic E-state index is -3.53. The number of aliphatic carboxylic acids is 1. The van der Waals surface area contributed by atoms with Crippen LogP contribution in [0.4, 0.5) is 0 Å². The van der Waals surface area contributed by atoms with E-state index >= 15 is 0 Å². The summed E-state index contributed by atoms with van der Waals surface area (Å²) in [6.07, 6.45) is 1.79. The molecule has 0 saturated carbocycles. The fraction of sp³-hybridized carbons (Fsp3) is 0.571. The average molecular weight is 359 g/mol. The number of piperazine rings is 1. The van der Waals surface area contributed by atoms with Crippen molar-refractivity contribution in [2.75, 3.05) is 33.2 Å².